The van der Waals surface area contributed by atoms with E-state index in [4.69, 9.17) is 0 Å². The molecule has 0 saturated carbocycles. The van der Waals surface area contributed by atoms with Gasteiger partial charge in [-0.05, 0) is 49.5 Å². The lowest BCUT2D eigenvalue weighted by Gasteiger charge is -2.26. The second-order valence-corrected chi connectivity index (χ2v) is 8.88. The predicted molar refractivity (Wildman–Crippen MR) is 107 cm³/mol. The highest BCUT2D eigenvalue weighted by Crippen LogP contribution is 2.41. The largest absolute Gasteiger partial charge is 0.416 e. The lowest BCUT2D eigenvalue weighted by atomic mass is 10.0. The van der Waals surface area contributed by atoms with Gasteiger partial charge in [-0.25, -0.2) is 13.1 Å². The van der Waals surface area contributed by atoms with Gasteiger partial charge in [0.15, 0.2) is 0 Å². The van der Waals surface area contributed by atoms with Crippen LogP contribution in [-0.4, -0.2) is 31.8 Å². The van der Waals surface area contributed by atoms with Gasteiger partial charge in [-0.2, -0.15) is 18.3 Å². The van der Waals surface area contributed by atoms with E-state index in [1.54, 1.807) is 23.9 Å². The number of nitrogens with one attached hydrogen (secondary N) is 1. The van der Waals surface area contributed by atoms with Crippen LogP contribution in [0.2, 0.25) is 0 Å². The van der Waals surface area contributed by atoms with Gasteiger partial charge in [0.25, 0.3) is 0 Å². The van der Waals surface area contributed by atoms with Crippen molar-refractivity contribution in [3.05, 3.63) is 59.9 Å². The molecule has 0 spiro atoms. The highest BCUT2D eigenvalue weighted by Gasteiger charge is 2.31. The van der Waals surface area contributed by atoms with Crippen molar-refractivity contribution in [2.24, 2.45) is 7.05 Å². The lowest BCUT2D eigenvalue weighted by molar-refractivity contribution is -0.137. The zero-order valence-electron chi connectivity index (χ0n) is 16.2. The molecular weight excluding hydrogens is 417 g/mol. The third-order valence-electron chi connectivity index (χ3n) is 5.11. The molecule has 10 heteroatoms. The molecule has 0 unspecified atom stereocenters. The number of fused-ring (bicyclic) bond motifs is 3. The third-order valence-corrected chi connectivity index (χ3v) is 6.52. The van der Waals surface area contributed by atoms with Crippen LogP contribution in [0.5, 0.6) is 0 Å². The number of hydrogen-bond acceptors (Lipinski definition) is 4. The summed E-state index contributed by atoms with van der Waals surface area (Å²) in [6.07, 6.45) is -2.03. The zero-order valence-corrected chi connectivity index (χ0v) is 17.0. The SMILES string of the molecule is CNS(=O)(=O)c1ccc2c(c1)-c1cn(C)nc1CCN2c1ccc(C(F)(F)F)cc1. The maximum atomic E-state index is 12.9. The van der Waals surface area contributed by atoms with Gasteiger partial charge in [0, 0.05) is 48.7 Å². The van der Waals surface area contributed by atoms with E-state index in [-0.39, 0.29) is 4.90 Å². The fourth-order valence-electron chi connectivity index (χ4n) is 3.63. The van der Waals surface area contributed by atoms with Crippen molar-refractivity contribution in [3.8, 4) is 11.1 Å². The van der Waals surface area contributed by atoms with Crippen molar-refractivity contribution in [1.82, 2.24) is 14.5 Å². The van der Waals surface area contributed by atoms with Crippen molar-refractivity contribution >= 4 is 21.4 Å². The standard InChI is InChI=1S/C20H19F3N4O2S/c1-24-30(28,29)15-7-8-19-16(11-15)17-12-26(2)25-18(17)9-10-27(19)14-5-3-13(4-6-14)20(21,22)23/h3-8,11-12,24H,9-10H2,1-2H3. The Bertz CT molecular complexity index is 1200. The molecule has 0 atom stereocenters. The molecule has 2 aromatic carbocycles. The van der Waals surface area contributed by atoms with Gasteiger partial charge < -0.3 is 4.90 Å². The van der Waals surface area contributed by atoms with Crippen LogP contribution < -0.4 is 9.62 Å². The minimum Gasteiger partial charge on any atom is -0.341 e. The molecule has 1 N–H and O–H groups in total. The Kier molecular flexibility index (Phi) is 4.86. The monoisotopic (exact) mass is 436 g/mol. The number of hydrogen-bond donors (Lipinski definition) is 1. The average Bonchev–Trinajstić information content (AvgIpc) is 3.01. The van der Waals surface area contributed by atoms with E-state index in [1.165, 1.54) is 25.2 Å². The highest BCUT2D eigenvalue weighted by atomic mass is 32.2. The first-order chi connectivity index (χ1) is 14.1. The predicted octanol–water partition coefficient (Wildman–Crippen LogP) is 3.71. The van der Waals surface area contributed by atoms with Gasteiger partial charge >= 0.3 is 6.18 Å². The number of nitrogens with zero attached hydrogens (tertiary/aromatic N) is 3. The number of anilines is 2. The Labute approximate surface area is 172 Å². The molecule has 2 heterocycles. The van der Waals surface area contributed by atoms with Gasteiger partial charge in [0.1, 0.15) is 0 Å². The van der Waals surface area contributed by atoms with E-state index in [0.29, 0.717) is 29.9 Å². The molecule has 0 amide bonds. The lowest BCUT2D eigenvalue weighted by Crippen LogP contribution is -2.21. The molecule has 3 aromatic rings. The summed E-state index contributed by atoms with van der Waals surface area (Å²) in [7, 11) is -0.538. The first-order valence-corrected chi connectivity index (χ1v) is 10.6. The zero-order chi connectivity index (χ0) is 21.7. The second-order valence-electron chi connectivity index (χ2n) is 7.00. The summed E-state index contributed by atoms with van der Waals surface area (Å²) in [6, 6.07) is 9.69. The fourth-order valence-corrected chi connectivity index (χ4v) is 4.39. The number of benzene rings is 2. The van der Waals surface area contributed by atoms with Crippen LogP contribution in [0.25, 0.3) is 11.1 Å². The molecule has 1 aromatic heterocycles. The van der Waals surface area contributed by atoms with Gasteiger partial charge in [-0.3, -0.25) is 4.68 Å². The van der Waals surface area contributed by atoms with E-state index in [2.05, 4.69) is 9.82 Å². The Morgan fingerprint density at radius 3 is 2.40 bits per heavy atom. The van der Waals surface area contributed by atoms with Crippen molar-refractivity contribution in [2.45, 2.75) is 17.5 Å². The summed E-state index contributed by atoms with van der Waals surface area (Å²) in [4.78, 5) is 1.99. The average molecular weight is 436 g/mol. The highest BCUT2D eigenvalue weighted by molar-refractivity contribution is 7.89. The van der Waals surface area contributed by atoms with E-state index < -0.39 is 21.8 Å². The first kappa shape index (κ1) is 20.4. The fraction of sp³-hybridized carbons (Fsp3) is 0.250. The molecule has 4 rings (SSSR count). The maximum absolute atomic E-state index is 12.9. The minimum atomic E-state index is -4.41. The smallest absolute Gasteiger partial charge is 0.341 e. The van der Waals surface area contributed by atoms with E-state index >= 15 is 0 Å². The molecule has 30 heavy (non-hydrogen) atoms. The number of alkyl halides is 3. The molecule has 0 bridgehead atoms. The minimum absolute atomic E-state index is 0.104. The Morgan fingerprint density at radius 2 is 1.77 bits per heavy atom. The van der Waals surface area contributed by atoms with Gasteiger partial charge in [0.2, 0.25) is 10.0 Å². The van der Waals surface area contributed by atoms with E-state index in [1.807, 2.05) is 11.1 Å². The molecule has 1 aliphatic rings. The number of sulfonamides is 1. The van der Waals surface area contributed by atoms with Gasteiger partial charge in [-0.15, -0.1) is 0 Å². The van der Waals surface area contributed by atoms with Crippen LogP contribution in [0.1, 0.15) is 11.3 Å². The Balaban J connectivity index is 1.87. The van der Waals surface area contributed by atoms with Gasteiger partial charge in [0.05, 0.1) is 16.2 Å². The van der Waals surface area contributed by atoms with Crippen molar-refractivity contribution in [2.75, 3.05) is 18.5 Å². The van der Waals surface area contributed by atoms with Crippen LogP contribution >= 0.6 is 0 Å². The van der Waals surface area contributed by atoms with Crippen molar-refractivity contribution < 1.29 is 21.6 Å². The number of aromatic nitrogens is 2. The Hall–Kier alpha value is -2.85. The molecule has 0 aliphatic carbocycles. The van der Waals surface area contributed by atoms with Crippen LogP contribution in [0.3, 0.4) is 0 Å². The van der Waals surface area contributed by atoms with Crippen molar-refractivity contribution in [1.29, 1.82) is 0 Å². The summed E-state index contributed by atoms with van der Waals surface area (Å²) < 4.78 is 67.4. The van der Waals surface area contributed by atoms with Crippen LogP contribution in [-0.2, 0) is 29.7 Å². The molecule has 0 fully saturated rings. The summed E-state index contributed by atoms with van der Waals surface area (Å²) in [5.41, 5.74) is 2.83. The molecular formula is C20H19F3N4O2S. The molecule has 1 aliphatic heterocycles. The molecule has 0 saturated heterocycles. The van der Waals surface area contributed by atoms with Crippen LogP contribution in [0, 0.1) is 0 Å². The normalized spacial score (nSPS) is 14.2. The van der Waals surface area contributed by atoms with E-state index in [0.717, 1.165) is 23.4 Å². The van der Waals surface area contributed by atoms with Crippen LogP contribution in [0.15, 0.2) is 53.6 Å². The third kappa shape index (κ3) is 3.56. The van der Waals surface area contributed by atoms with Crippen molar-refractivity contribution in [3.63, 3.8) is 0 Å². The maximum Gasteiger partial charge on any atom is 0.416 e. The number of halogens is 3. The summed E-state index contributed by atoms with van der Waals surface area (Å²) in [5.74, 6) is 0. The van der Waals surface area contributed by atoms with E-state index in [9.17, 15) is 21.6 Å². The summed E-state index contributed by atoms with van der Waals surface area (Å²) in [5, 5.41) is 4.47. The molecule has 6 nitrogen and oxygen atoms in total. The topological polar surface area (TPSA) is 67.2 Å². The first-order valence-electron chi connectivity index (χ1n) is 9.15. The summed E-state index contributed by atoms with van der Waals surface area (Å²) >= 11 is 0. The Morgan fingerprint density at radius 1 is 1.07 bits per heavy atom. The molecule has 158 valence electrons. The second kappa shape index (κ2) is 7.13. The summed E-state index contributed by atoms with van der Waals surface area (Å²) in [6.45, 7) is 0.487. The number of aryl methyl sites for hydroxylation is 1. The quantitative estimate of drug-likeness (QED) is 0.680. The number of rotatable bonds is 3. The van der Waals surface area contributed by atoms with Crippen LogP contribution in [0.4, 0.5) is 24.5 Å². The van der Waals surface area contributed by atoms with Gasteiger partial charge in [-0.1, -0.05) is 0 Å². The molecule has 0 radical (unpaired) electrons.